The second kappa shape index (κ2) is 9.38. The molecule has 0 bridgehead atoms. The molecule has 0 aromatic heterocycles. The lowest BCUT2D eigenvalue weighted by molar-refractivity contribution is 0.106. The van der Waals surface area contributed by atoms with Gasteiger partial charge in [-0.2, -0.15) is 0 Å². The molecule has 0 radical (unpaired) electrons. The number of hydrogen-bond acceptors (Lipinski definition) is 4. The molecule has 0 aliphatic carbocycles. The minimum absolute atomic E-state index is 0.296. The van der Waals surface area contributed by atoms with Crippen LogP contribution in [0.5, 0.6) is 5.75 Å². The lowest BCUT2D eigenvalue weighted by Crippen LogP contribution is -2.08. The zero-order valence-electron chi connectivity index (χ0n) is 16.1. The zero-order chi connectivity index (χ0) is 19.9. The van der Waals surface area contributed by atoms with Gasteiger partial charge in [-0.25, -0.2) is 0 Å². The molecule has 0 aliphatic rings. The van der Waals surface area contributed by atoms with Crippen molar-refractivity contribution in [3.8, 4) is 5.75 Å². The molecule has 0 unspecified atom stereocenters. The first-order valence-corrected chi connectivity index (χ1v) is 10.1. The van der Waals surface area contributed by atoms with E-state index in [0.29, 0.717) is 12.2 Å². The van der Waals surface area contributed by atoms with E-state index in [-0.39, 0.29) is 5.78 Å². The number of benzene rings is 3. The van der Waals surface area contributed by atoms with E-state index >= 15 is 0 Å². The number of carbonyl (C=O) groups is 1. The van der Waals surface area contributed by atoms with Crippen molar-refractivity contribution in [3.05, 3.63) is 94.5 Å². The topological polar surface area (TPSA) is 50.2 Å². The van der Waals surface area contributed by atoms with Gasteiger partial charge in [0, 0.05) is 21.8 Å². The van der Waals surface area contributed by atoms with Crippen molar-refractivity contribution in [2.75, 3.05) is 0 Å². The van der Waals surface area contributed by atoms with Crippen molar-refractivity contribution in [1.29, 1.82) is 5.41 Å². The first-order chi connectivity index (χ1) is 13.6. The predicted molar refractivity (Wildman–Crippen MR) is 116 cm³/mol. The average molecular weight is 390 g/mol. The standard InChI is InChI=1S/C24H23NO2S/c1-17-7-6-8-18(2)24(17)27-15-20-13-19(11-12-22(20)23(26)14-25)16-28-21-9-4-3-5-10-21/h3-14,25H,15-16H2,1-2H3. The van der Waals surface area contributed by atoms with Crippen LogP contribution in [-0.4, -0.2) is 12.0 Å². The maximum absolute atomic E-state index is 12.2. The highest BCUT2D eigenvalue weighted by molar-refractivity contribution is 7.98. The molecule has 0 aliphatic heterocycles. The number of ketones is 1. The summed E-state index contributed by atoms with van der Waals surface area (Å²) >= 11 is 1.75. The van der Waals surface area contributed by atoms with Gasteiger partial charge in [0.25, 0.3) is 0 Å². The van der Waals surface area contributed by atoms with E-state index < -0.39 is 0 Å². The Morgan fingerprint density at radius 1 is 1.00 bits per heavy atom. The van der Waals surface area contributed by atoms with Crippen molar-refractivity contribution in [2.45, 2.75) is 31.1 Å². The molecule has 4 heteroatoms. The van der Waals surface area contributed by atoms with E-state index in [2.05, 4.69) is 12.1 Å². The first kappa shape index (κ1) is 19.9. The lowest BCUT2D eigenvalue weighted by Gasteiger charge is -2.14. The number of para-hydroxylation sites is 1. The third-order valence-electron chi connectivity index (χ3n) is 4.50. The zero-order valence-corrected chi connectivity index (χ0v) is 16.9. The molecule has 0 atom stereocenters. The third kappa shape index (κ3) is 4.90. The van der Waals surface area contributed by atoms with Gasteiger partial charge in [-0.05, 0) is 42.7 Å². The van der Waals surface area contributed by atoms with E-state index in [1.54, 1.807) is 17.8 Å². The maximum atomic E-state index is 12.2. The van der Waals surface area contributed by atoms with Crippen molar-refractivity contribution < 1.29 is 9.53 Å². The predicted octanol–water partition coefficient (Wildman–Crippen LogP) is 6.01. The number of nitrogens with one attached hydrogen (secondary N) is 1. The number of Topliss-reactive ketones (excluding diaryl/α,β-unsaturated/α-hetero) is 1. The summed E-state index contributed by atoms with van der Waals surface area (Å²) in [5.74, 6) is 1.35. The Morgan fingerprint density at radius 3 is 2.39 bits per heavy atom. The number of thioether (sulfide) groups is 1. The molecular weight excluding hydrogens is 366 g/mol. The highest BCUT2D eigenvalue weighted by Gasteiger charge is 2.12. The molecule has 1 N–H and O–H groups in total. The van der Waals surface area contributed by atoms with Crippen LogP contribution in [0.2, 0.25) is 0 Å². The van der Waals surface area contributed by atoms with Crippen molar-refractivity contribution in [2.24, 2.45) is 0 Å². The van der Waals surface area contributed by atoms with Gasteiger partial charge >= 0.3 is 0 Å². The molecular formula is C24H23NO2S. The molecule has 3 aromatic rings. The van der Waals surface area contributed by atoms with E-state index in [9.17, 15) is 4.79 Å². The van der Waals surface area contributed by atoms with Gasteiger partial charge in [0.05, 0.1) is 6.21 Å². The van der Waals surface area contributed by atoms with Gasteiger partial charge in [-0.1, -0.05) is 54.6 Å². The summed E-state index contributed by atoms with van der Waals surface area (Å²) in [4.78, 5) is 13.4. The first-order valence-electron chi connectivity index (χ1n) is 9.12. The van der Waals surface area contributed by atoms with Gasteiger partial charge in [-0.15, -0.1) is 11.8 Å². The van der Waals surface area contributed by atoms with Crippen LogP contribution in [0.25, 0.3) is 0 Å². The Morgan fingerprint density at radius 2 is 1.71 bits per heavy atom. The van der Waals surface area contributed by atoms with Gasteiger partial charge in [0.2, 0.25) is 5.78 Å². The Hall–Kier alpha value is -2.85. The molecule has 142 valence electrons. The van der Waals surface area contributed by atoms with Gasteiger partial charge in [-0.3, -0.25) is 4.79 Å². The molecule has 0 fully saturated rings. The van der Waals surface area contributed by atoms with Crippen LogP contribution in [0.1, 0.15) is 32.6 Å². The number of rotatable bonds is 8. The Kier molecular flexibility index (Phi) is 6.66. The smallest absolute Gasteiger partial charge is 0.203 e. The summed E-state index contributed by atoms with van der Waals surface area (Å²) in [6, 6.07) is 22.0. The highest BCUT2D eigenvalue weighted by Crippen LogP contribution is 2.26. The van der Waals surface area contributed by atoms with Crippen LogP contribution >= 0.6 is 11.8 Å². The van der Waals surface area contributed by atoms with Crippen molar-refractivity contribution >= 4 is 23.8 Å². The summed E-state index contributed by atoms with van der Waals surface area (Å²) in [7, 11) is 0. The molecule has 28 heavy (non-hydrogen) atoms. The molecule has 0 amide bonds. The number of hydrogen-bond donors (Lipinski definition) is 1. The van der Waals surface area contributed by atoms with Gasteiger partial charge in [0.15, 0.2) is 0 Å². The molecule has 0 heterocycles. The fraction of sp³-hybridized carbons (Fsp3) is 0.167. The molecule has 0 saturated heterocycles. The van der Waals surface area contributed by atoms with Crippen LogP contribution in [0, 0.1) is 19.3 Å². The van der Waals surface area contributed by atoms with Gasteiger partial charge in [0.1, 0.15) is 12.4 Å². The quantitative estimate of drug-likeness (QED) is 0.292. The average Bonchev–Trinajstić information content (AvgIpc) is 2.72. The second-order valence-corrected chi connectivity index (χ2v) is 7.66. The van der Waals surface area contributed by atoms with Crippen LogP contribution in [0.4, 0.5) is 0 Å². The van der Waals surface area contributed by atoms with Crippen LogP contribution < -0.4 is 4.74 Å². The Bertz CT molecular complexity index is 963. The molecule has 3 rings (SSSR count). The number of carbonyl (C=O) groups excluding carboxylic acids is 1. The fourth-order valence-electron chi connectivity index (χ4n) is 3.03. The maximum Gasteiger partial charge on any atom is 0.203 e. The van der Waals surface area contributed by atoms with E-state index in [0.717, 1.165) is 40.0 Å². The Labute approximate surface area is 170 Å². The Balaban J connectivity index is 1.82. The minimum atomic E-state index is -0.303. The van der Waals surface area contributed by atoms with Crippen LogP contribution in [-0.2, 0) is 12.4 Å². The lowest BCUT2D eigenvalue weighted by atomic mass is 10.0. The summed E-state index contributed by atoms with van der Waals surface area (Å²) in [6.45, 7) is 4.32. The minimum Gasteiger partial charge on any atom is -0.488 e. The summed E-state index contributed by atoms with van der Waals surface area (Å²) < 4.78 is 6.07. The summed E-state index contributed by atoms with van der Waals surface area (Å²) in [5.41, 5.74) is 4.58. The number of aryl methyl sites for hydroxylation is 2. The normalized spacial score (nSPS) is 10.5. The molecule has 3 nitrogen and oxygen atoms in total. The molecule has 0 spiro atoms. The van der Waals surface area contributed by atoms with Crippen LogP contribution in [0.15, 0.2) is 71.6 Å². The second-order valence-electron chi connectivity index (χ2n) is 6.61. The monoisotopic (exact) mass is 389 g/mol. The fourth-order valence-corrected chi connectivity index (χ4v) is 3.90. The number of ether oxygens (including phenoxy) is 1. The molecule has 3 aromatic carbocycles. The van der Waals surface area contributed by atoms with E-state index in [4.69, 9.17) is 10.1 Å². The van der Waals surface area contributed by atoms with Gasteiger partial charge < -0.3 is 10.1 Å². The van der Waals surface area contributed by atoms with Crippen LogP contribution in [0.3, 0.4) is 0 Å². The van der Waals surface area contributed by atoms with Crippen molar-refractivity contribution in [3.63, 3.8) is 0 Å². The van der Waals surface area contributed by atoms with E-state index in [1.807, 2.05) is 62.4 Å². The SMILES string of the molecule is Cc1cccc(C)c1OCc1cc(CSc2ccccc2)ccc1C(=O)C=N. The summed E-state index contributed by atoms with van der Waals surface area (Å²) in [6.07, 6.45) is 0.857. The van der Waals surface area contributed by atoms with E-state index in [1.165, 1.54) is 4.90 Å². The molecule has 0 saturated carbocycles. The largest absolute Gasteiger partial charge is 0.488 e. The highest BCUT2D eigenvalue weighted by atomic mass is 32.2. The summed E-state index contributed by atoms with van der Waals surface area (Å²) in [5, 5.41) is 7.33. The van der Waals surface area contributed by atoms with Crippen molar-refractivity contribution in [1.82, 2.24) is 0 Å². The third-order valence-corrected chi connectivity index (χ3v) is 5.58.